The molecule has 2 rings (SSSR count). The fourth-order valence-electron chi connectivity index (χ4n) is 1.29. The second kappa shape index (κ2) is 6.13. The molecule has 1 heterocycles. The molecule has 0 atom stereocenters. The lowest BCUT2D eigenvalue weighted by molar-refractivity contribution is -0.113. The Hall–Kier alpha value is -1.17. The first kappa shape index (κ1) is 13.3. The van der Waals surface area contributed by atoms with E-state index < -0.39 is 0 Å². The minimum Gasteiger partial charge on any atom is -0.340 e. The first-order valence-electron chi connectivity index (χ1n) is 5.01. The Balaban J connectivity index is 1.90. The summed E-state index contributed by atoms with van der Waals surface area (Å²) in [6, 6.07) is 4.89. The highest BCUT2D eigenvalue weighted by atomic mass is 35.5. The molecule has 94 valence electrons. The van der Waals surface area contributed by atoms with Crippen LogP contribution in [-0.4, -0.2) is 21.6 Å². The average Bonchev–Trinajstić information content (AvgIpc) is 2.77. The zero-order chi connectivity index (χ0) is 13.0. The van der Waals surface area contributed by atoms with Crippen molar-refractivity contribution in [1.82, 2.24) is 9.97 Å². The topological polar surface area (TPSA) is 57.8 Å². The highest BCUT2D eigenvalue weighted by molar-refractivity contribution is 7.99. The van der Waals surface area contributed by atoms with Crippen LogP contribution in [0, 0.1) is 0 Å². The number of aromatic amines is 1. The van der Waals surface area contributed by atoms with E-state index in [4.69, 9.17) is 23.2 Å². The van der Waals surface area contributed by atoms with Gasteiger partial charge in [-0.1, -0.05) is 35.0 Å². The van der Waals surface area contributed by atoms with Crippen molar-refractivity contribution in [3.63, 3.8) is 0 Å². The number of benzene rings is 1. The van der Waals surface area contributed by atoms with Crippen molar-refractivity contribution in [3.05, 3.63) is 40.6 Å². The SMILES string of the molecule is O=C(CSc1ncc[nH]1)Nc1cc(Cl)cc(Cl)c1. The van der Waals surface area contributed by atoms with Gasteiger partial charge >= 0.3 is 0 Å². The molecule has 2 aromatic rings. The van der Waals surface area contributed by atoms with Crippen molar-refractivity contribution in [2.45, 2.75) is 5.16 Å². The third kappa shape index (κ3) is 3.94. The summed E-state index contributed by atoms with van der Waals surface area (Å²) >= 11 is 13.0. The third-order valence-corrected chi connectivity index (χ3v) is 3.30. The zero-order valence-electron chi connectivity index (χ0n) is 9.11. The number of nitrogens with one attached hydrogen (secondary N) is 2. The number of anilines is 1. The molecule has 0 aliphatic heterocycles. The van der Waals surface area contributed by atoms with E-state index in [0.29, 0.717) is 20.9 Å². The van der Waals surface area contributed by atoms with Crippen LogP contribution in [0.1, 0.15) is 0 Å². The fraction of sp³-hybridized carbons (Fsp3) is 0.0909. The number of thioether (sulfide) groups is 1. The van der Waals surface area contributed by atoms with E-state index in [-0.39, 0.29) is 11.7 Å². The van der Waals surface area contributed by atoms with Crippen molar-refractivity contribution < 1.29 is 4.79 Å². The number of hydrogen-bond donors (Lipinski definition) is 2. The van der Waals surface area contributed by atoms with E-state index >= 15 is 0 Å². The second-order valence-corrected chi connectivity index (χ2v) is 5.23. The first-order valence-corrected chi connectivity index (χ1v) is 6.76. The van der Waals surface area contributed by atoms with Crippen molar-refractivity contribution >= 4 is 46.6 Å². The maximum absolute atomic E-state index is 11.7. The Kier molecular flexibility index (Phi) is 4.52. The predicted molar refractivity (Wildman–Crippen MR) is 74.4 cm³/mol. The minimum absolute atomic E-state index is 0.144. The number of hydrogen-bond acceptors (Lipinski definition) is 3. The lowest BCUT2D eigenvalue weighted by atomic mass is 10.3. The molecule has 18 heavy (non-hydrogen) atoms. The summed E-state index contributed by atoms with van der Waals surface area (Å²) < 4.78 is 0. The largest absolute Gasteiger partial charge is 0.340 e. The van der Waals surface area contributed by atoms with Gasteiger partial charge in [0.1, 0.15) is 0 Å². The van der Waals surface area contributed by atoms with Gasteiger partial charge in [-0.2, -0.15) is 0 Å². The van der Waals surface area contributed by atoms with Gasteiger partial charge in [0.2, 0.25) is 5.91 Å². The van der Waals surface area contributed by atoms with Gasteiger partial charge in [0.15, 0.2) is 5.16 Å². The van der Waals surface area contributed by atoms with E-state index in [2.05, 4.69) is 15.3 Å². The standard InChI is InChI=1S/C11H9Cl2N3OS/c12-7-3-8(13)5-9(4-7)16-10(17)6-18-11-14-1-2-15-11/h1-5H,6H2,(H,14,15)(H,16,17). The summed E-state index contributed by atoms with van der Waals surface area (Å²) in [5.74, 6) is 0.118. The highest BCUT2D eigenvalue weighted by Gasteiger charge is 2.06. The summed E-state index contributed by atoms with van der Waals surface area (Å²) in [6.45, 7) is 0. The number of imidazole rings is 1. The van der Waals surface area contributed by atoms with Crippen LogP contribution < -0.4 is 5.32 Å². The molecule has 2 N–H and O–H groups in total. The van der Waals surface area contributed by atoms with Crippen LogP contribution in [0.25, 0.3) is 0 Å². The number of rotatable bonds is 4. The average molecular weight is 302 g/mol. The normalized spacial score (nSPS) is 10.3. The van der Waals surface area contributed by atoms with Gasteiger partial charge in [-0.3, -0.25) is 4.79 Å². The van der Waals surface area contributed by atoms with Gasteiger partial charge in [-0.05, 0) is 18.2 Å². The van der Waals surface area contributed by atoms with Gasteiger partial charge in [0.25, 0.3) is 0 Å². The van der Waals surface area contributed by atoms with E-state index in [1.165, 1.54) is 11.8 Å². The molecule has 1 aromatic heterocycles. The Morgan fingerprint density at radius 2 is 2.06 bits per heavy atom. The van der Waals surface area contributed by atoms with Gasteiger partial charge in [-0.25, -0.2) is 4.98 Å². The molecular formula is C11H9Cl2N3OS. The number of halogens is 2. The smallest absolute Gasteiger partial charge is 0.234 e. The number of nitrogens with zero attached hydrogens (tertiary/aromatic N) is 1. The van der Waals surface area contributed by atoms with E-state index in [1.54, 1.807) is 30.6 Å². The van der Waals surface area contributed by atoms with Gasteiger partial charge in [0.05, 0.1) is 5.75 Å². The molecule has 0 unspecified atom stereocenters. The van der Waals surface area contributed by atoms with Crippen molar-refractivity contribution in [2.24, 2.45) is 0 Å². The maximum atomic E-state index is 11.7. The molecule has 0 saturated carbocycles. The predicted octanol–water partition coefficient (Wildman–Crippen LogP) is 3.45. The van der Waals surface area contributed by atoms with Crippen LogP contribution >= 0.6 is 35.0 Å². The number of aromatic nitrogens is 2. The summed E-state index contributed by atoms with van der Waals surface area (Å²) in [4.78, 5) is 18.6. The highest BCUT2D eigenvalue weighted by Crippen LogP contribution is 2.22. The van der Waals surface area contributed by atoms with Crippen LogP contribution in [0.2, 0.25) is 10.0 Å². The van der Waals surface area contributed by atoms with Crippen molar-refractivity contribution in [1.29, 1.82) is 0 Å². The molecule has 0 saturated heterocycles. The van der Waals surface area contributed by atoms with Crippen LogP contribution in [0.4, 0.5) is 5.69 Å². The molecule has 0 fully saturated rings. The van der Waals surface area contributed by atoms with Gasteiger partial charge in [0, 0.05) is 28.1 Å². The van der Waals surface area contributed by atoms with Crippen molar-refractivity contribution in [3.8, 4) is 0 Å². The Labute approximate surface area is 118 Å². The second-order valence-electron chi connectivity index (χ2n) is 3.39. The lowest BCUT2D eigenvalue weighted by Crippen LogP contribution is -2.14. The maximum Gasteiger partial charge on any atom is 0.234 e. The summed E-state index contributed by atoms with van der Waals surface area (Å²) in [5, 5.41) is 4.38. The Bertz CT molecular complexity index is 525. The number of carbonyl (C=O) groups is 1. The van der Waals surface area contributed by atoms with Gasteiger partial charge < -0.3 is 10.3 Å². The van der Waals surface area contributed by atoms with Crippen LogP contribution in [0.3, 0.4) is 0 Å². The molecule has 7 heteroatoms. The zero-order valence-corrected chi connectivity index (χ0v) is 11.4. The van der Waals surface area contributed by atoms with E-state index in [0.717, 1.165) is 0 Å². The molecule has 0 aliphatic rings. The Morgan fingerprint density at radius 3 is 2.67 bits per heavy atom. The third-order valence-electron chi connectivity index (χ3n) is 1.96. The quantitative estimate of drug-likeness (QED) is 0.851. The molecule has 0 bridgehead atoms. The lowest BCUT2D eigenvalue weighted by Gasteiger charge is -2.05. The van der Waals surface area contributed by atoms with Crippen molar-refractivity contribution in [2.75, 3.05) is 11.1 Å². The molecule has 0 aliphatic carbocycles. The van der Waals surface area contributed by atoms with Gasteiger partial charge in [-0.15, -0.1) is 0 Å². The molecule has 4 nitrogen and oxygen atoms in total. The monoisotopic (exact) mass is 301 g/mol. The van der Waals surface area contributed by atoms with Crippen LogP contribution in [-0.2, 0) is 4.79 Å². The Morgan fingerprint density at radius 1 is 1.33 bits per heavy atom. The van der Waals surface area contributed by atoms with Crippen LogP contribution in [0.15, 0.2) is 35.7 Å². The first-order chi connectivity index (χ1) is 8.63. The fourth-order valence-corrected chi connectivity index (χ4v) is 2.44. The van der Waals surface area contributed by atoms with Crippen LogP contribution in [0.5, 0.6) is 0 Å². The minimum atomic E-state index is -0.144. The molecule has 1 aromatic carbocycles. The number of H-pyrrole nitrogens is 1. The molecule has 0 radical (unpaired) electrons. The summed E-state index contributed by atoms with van der Waals surface area (Å²) in [6.07, 6.45) is 3.34. The van der Waals surface area contributed by atoms with E-state index in [9.17, 15) is 4.79 Å². The summed E-state index contributed by atoms with van der Waals surface area (Å²) in [5.41, 5.74) is 0.581. The molecule has 1 amide bonds. The molecular weight excluding hydrogens is 293 g/mol. The molecule has 0 spiro atoms. The number of carbonyl (C=O) groups excluding carboxylic acids is 1. The summed E-state index contributed by atoms with van der Waals surface area (Å²) in [7, 11) is 0. The number of amides is 1. The van der Waals surface area contributed by atoms with E-state index in [1.807, 2.05) is 0 Å².